The highest BCUT2D eigenvalue weighted by molar-refractivity contribution is 6.15. The Morgan fingerprint density at radius 2 is 1.89 bits per heavy atom. The average Bonchev–Trinajstić information content (AvgIpc) is 3.23. The van der Waals surface area contributed by atoms with E-state index < -0.39 is 5.91 Å². The van der Waals surface area contributed by atoms with Crippen LogP contribution in [0.3, 0.4) is 0 Å². The van der Waals surface area contributed by atoms with Crippen molar-refractivity contribution in [3.63, 3.8) is 0 Å². The van der Waals surface area contributed by atoms with Crippen LogP contribution in [0.4, 0.5) is 17.3 Å². The first kappa shape index (κ1) is 24.2. The number of hydrogen-bond acceptors (Lipinski definition) is 9. The summed E-state index contributed by atoms with van der Waals surface area (Å²) in [6, 6.07) is 7.04. The minimum atomic E-state index is -0.447. The highest BCUT2D eigenvalue weighted by Crippen LogP contribution is 2.33. The monoisotopic (exact) mass is 500 g/mol. The first-order valence-electron chi connectivity index (χ1n) is 12.0. The summed E-state index contributed by atoms with van der Waals surface area (Å²) < 4.78 is 5.70. The second-order valence-electron chi connectivity index (χ2n) is 9.28. The van der Waals surface area contributed by atoms with Crippen LogP contribution in [0.15, 0.2) is 53.5 Å². The van der Waals surface area contributed by atoms with Gasteiger partial charge in [-0.3, -0.25) is 24.5 Å². The van der Waals surface area contributed by atoms with E-state index in [2.05, 4.69) is 37.4 Å². The van der Waals surface area contributed by atoms with Crippen LogP contribution in [0.5, 0.6) is 0 Å². The third kappa shape index (κ3) is 4.81. The molecule has 4 aromatic heterocycles. The van der Waals surface area contributed by atoms with Gasteiger partial charge in [-0.05, 0) is 30.5 Å². The third-order valence-corrected chi connectivity index (χ3v) is 6.42. The molecule has 0 aliphatic carbocycles. The molecule has 2 amide bonds. The van der Waals surface area contributed by atoms with Gasteiger partial charge in [0.25, 0.3) is 11.8 Å². The van der Waals surface area contributed by atoms with Crippen LogP contribution in [-0.2, 0) is 0 Å². The lowest BCUT2D eigenvalue weighted by Crippen LogP contribution is -2.46. The molecule has 0 aromatic carbocycles. The minimum absolute atomic E-state index is 0.0377. The molecule has 6 N–H and O–H groups in total. The van der Waals surface area contributed by atoms with Crippen LogP contribution in [0, 0.1) is 5.92 Å². The highest BCUT2D eigenvalue weighted by Gasteiger charge is 2.26. The van der Waals surface area contributed by atoms with Crippen molar-refractivity contribution in [3.05, 3.63) is 60.3 Å². The molecule has 1 aliphatic heterocycles. The van der Waals surface area contributed by atoms with Crippen molar-refractivity contribution in [2.75, 3.05) is 36.1 Å². The molecule has 11 nitrogen and oxygen atoms in total. The van der Waals surface area contributed by atoms with Gasteiger partial charge in [-0.1, -0.05) is 13.0 Å². The molecule has 0 spiro atoms. The fourth-order valence-electron chi connectivity index (χ4n) is 4.74. The fraction of sp³-hybridized carbons (Fsp3) is 0.269. The second-order valence-corrected chi connectivity index (χ2v) is 9.28. The average molecular weight is 501 g/mol. The summed E-state index contributed by atoms with van der Waals surface area (Å²) in [7, 11) is 1.55. The highest BCUT2D eigenvalue weighted by atomic mass is 16.3. The zero-order valence-electron chi connectivity index (χ0n) is 20.6. The smallest absolute Gasteiger partial charge is 0.269 e. The van der Waals surface area contributed by atoms with Crippen LogP contribution < -0.4 is 27.0 Å². The molecule has 5 rings (SSSR count). The van der Waals surface area contributed by atoms with E-state index in [1.54, 1.807) is 50.0 Å². The number of fused-ring (bicyclic) bond motifs is 1. The Morgan fingerprint density at radius 3 is 2.62 bits per heavy atom. The molecule has 0 radical (unpaired) electrons. The maximum atomic E-state index is 13.3. The van der Waals surface area contributed by atoms with E-state index in [-0.39, 0.29) is 23.4 Å². The number of amides is 2. The normalized spacial score (nSPS) is 17.5. The lowest BCUT2D eigenvalue weighted by molar-refractivity contribution is 0.0957. The van der Waals surface area contributed by atoms with Gasteiger partial charge in [-0.2, -0.15) is 0 Å². The summed E-state index contributed by atoms with van der Waals surface area (Å²) in [5.41, 5.74) is 16.3. The molecule has 4 aromatic rings. The van der Waals surface area contributed by atoms with Crippen LogP contribution in [0.2, 0.25) is 0 Å². The molecule has 190 valence electrons. The minimum Gasteiger partial charge on any atom is -0.438 e. The van der Waals surface area contributed by atoms with Crippen molar-refractivity contribution in [3.8, 4) is 11.1 Å². The number of carbonyl (C=O) groups is 2. The van der Waals surface area contributed by atoms with Gasteiger partial charge in [0, 0.05) is 55.9 Å². The maximum absolute atomic E-state index is 13.3. The van der Waals surface area contributed by atoms with E-state index in [1.807, 2.05) is 6.07 Å². The molecule has 2 atom stereocenters. The molecular weight excluding hydrogens is 472 g/mol. The van der Waals surface area contributed by atoms with Gasteiger partial charge in [0.15, 0.2) is 5.58 Å². The number of nitrogens with one attached hydrogen (secondary N) is 2. The summed E-state index contributed by atoms with van der Waals surface area (Å²) in [5.74, 6) is -0.326. The van der Waals surface area contributed by atoms with Crippen molar-refractivity contribution in [1.29, 1.82) is 0 Å². The Balaban J connectivity index is 1.42. The maximum Gasteiger partial charge on any atom is 0.269 e. The standard InChI is InChI=1S/C26H28N8O3/c1-14-7-17(27)13-34(12-14)20-5-6-30-11-19(20)33-26(36)22-23-21(37-24(22)28)8-16(10-32-23)15-3-4-18(31-9-15)25(35)29-2/h3-6,8-11,14,17H,7,12-13,27-28H2,1-2H3,(H,29,35)(H,33,36). The van der Waals surface area contributed by atoms with Gasteiger partial charge in [0.05, 0.1) is 17.6 Å². The first-order chi connectivity index (χ1) is 17.8. The van der Waals surface area contributed by atoms with E-state index >= 15 is 0 Å². The summed E-state index contributed by atoms with van der Waals surface area (Å²) >= 11 is 0. The SMILES string of the molecule is CNC(=O)c1ccc(-c2cnc3c(C(=O)Nc4cnccc4N4CC(C)CC(N)C4)c(N)oc3c2)cn1. The zero-order chi connectivity index (χ0) is 26.1. The molecule has 1 saturated heterocycles. The fourth-order valence-corrected chi connectivity index (χ4v) is 4.74. The quantitative estimate of drug-likeness (QED) is 0.322. The van der Waals surface area contributed by atoms with E-state index in [4.69, 9.17) is 15.9 Å². The van der Waals surface area contributed by atoms with Gasteiger partial charge in [0.1, 0.15) is 16.8 Å². The summed E-state index contributed by atoms with van der Waals surface area (Å²) in [6.45, 7) is 3.69. The lowest BCUT2D eigenvalue weighted by atomic mass is 9.96. The van der Waals surface area contributed by atoms with Crippen molar-refractivity contribution in [1.82, 2.24) is 20.3 Å². The lowest BCUT2D eigenvalue weighted by Gasteiger charge is -2.37. The number of nitrogen functional groups attached to an aromatic ring is 1. The molecule has 1 fully saturated rings. The zero-order valence-corrected chi connectivity index (χ0v) is 20.6. The Labute approximate surface area is 213 Å². The molecule has 5 heterocycles. The van der Waals surface area contributed by atoms with Gasteiger partial charge < -0.3 is 31.4 Å². The first-order valence-corrected chi connectivity index (χ1v) is 12.0. The summed E-state index contributed by atoms with van der Waals surface area (Å²) in [4.78, 5) is 40.1. The van der Waals surface area contributed by atoms with Crippen molar-refractivity contribution >= 4 is 40.2 Å². The molecule has 11 heteroatoms. The van der Waals surface area contributed by atoms with E-state index in [9.17, 15) is 9.59 Å². The number of anilines is 3. The van der Waals surface area contributed by atoms with Crippen LogP contribution in [0.1, 0.15) is 34.2 Å². The van der Waals surface area contributed by atoms with E-state index in [0.717, 1.165) is 24.2 Å². The van der Waals surface area contributed by atoms with Crippen molar-refractivity contribution < 1.29 is 14.0 Å². The molecule has 0 saturated carbocycles. The second kappa shape index (κ2) is 9.86. The Kier molecular flexibility index (Phi) is 6.45. The number of hydrogen-bond donors (Lipinski definition) is 4. The number of rotatable bonds is 5. The predicted octanol–water partition coefficient (Wildman–Crippen LogP) is 2.65. The number of piperidine rings is 1. The molecular formula is C26H28N8O3. The van der Waals surface area contributed by atoms with E-state index in [0.29, 0.717) is 40.5 Å². The van der Waals surface area contributed by atoms with Crippen molar-refractivity contribution in [2.45, 2.75) is 19.4 Å². The Bertz CT molecular complexity index is 1460. The van der Waals surface area contributed by atoms with Gasteiger partial charge >= 0.3 is 0 Å². The van der Waals surface area contributed by atoms with Gasteiger partial charge in [-0.15, -0.1) is 0 Å². The molecule has 2 unspecified atom stereocenters. The number of pyridine rings is 3. The van der Waals surface area contributed by atoms with E-state index in [1.165, 1.54) is 0 Å². The van der Waals surface area contributed by atoms with Crippen LogP contribution >= 0.6 is 0 Å². The molecule has 0 bridgehead atoms. The van der Waals surface area contributed by atoms with Gasteiger partial charge in [0.2, 0.25) is 5.88 Å². The largest absolute Gasteiger partial charge is 0.438 e. The Morgan fingerprint density at radius 1 is 1.08 bits per heavy atom. The third-order valence-electron chi connectivity index (χ3n) is 6.42. The number of aromatic nitrogens is 3. The van der Waals surface area contributed by atoms with Crippen molar-refractivity contribution in [2.24, 2.45) is 11.7 Å². The summed E-state index contributed by atoms with van der Waals surface area (Å²) in [6.07, 6.45) is 7.44. The Hall–Kier alpha value is -4.51. The van der Waals surface area contributed by atoms with Crippen LogP contribution in [-0.4, -0.2) is 52.9 Å². The summed E-state index contributed by atoms with van der Waals surface area (Å²) in [5, 5.41) is 5.46. The molecule has 1 aliphatic rings. The number of furan rings is 1. The number of nitrogens with zero attached hydrogens (tertiary/aromatic N) is 4. The van der Waals surface area contributed by atoms with Gasteiger partial charge in [-0.25, -0.2) is 0 Å². The van der Waals surface area contributed by atoms with Crippen LogP contribution in [0.25, 0.3) is 22.2 Å². The number of nitrogens with two attached hydrogens (primary N) is 2. The number of carbonyl (C=O) groups excluding carboxylic acids is 2. The molecule has 37 heavy (non-hydrogen) atoms. The predicted molar refractivity (Wildman–Crippen MR) is 141 cm³/mol. The topological polar surface area (TPSA) is 165 Å².